The summed E-state index contributed by atoms with van der Waals surface area (Å²) >= 11 is 1.63. The predicted octanol–water partition coefficient (Wildman–Crippen LogP) is 2.92. The molecular weight excluding hydrogens is 270 g/mol. The maximum Gasteiger partial charge on any atom is 0.122 e. The van der Waals surface area contributed by atoms with E-state index in [0.717, 1.165) is 42.3 Å². The van der Waals surface area contributed by atoms with E-state index >= 15 is 0 Å². The van der Waals surface area contributed by atoms with E-state index in [1.807, 2.05) is 18.4 Å². The second-order valence-electron chi connectivity index (χ2n) is 5.32. The number of thiazole rings is 1. The van der Waals surface area contributed by atoms with Gasteiger partial charge in [0.1, 0.15) is 5.75 Å². The molecule has 20 heavy (non-hydrogen) atoms. The van der Waals surface area contributed by atoms with Crippen molar-refractivity contribution >= 4 is 11.3 Å². The first-order valence-electron chi connectivity index (χ1n) is 7.04. The molecule has 0 amide bonds. The highest BCUT2D eigenvalue weighted by atomic mass is 32.1. The molecule has 0 fully saturated rings. The molecule has 1 N–H and O–H groups in total. The monoisotopic (exact) mass is 289 g/mol. The van der Waals surface area contributed by atoms with Gasteiger partial charge in [0, 0.05) is 23.9 Å². The fourth-order valence-electron chi connectivity index (χ4n) is 2.53. The normalized spacial score (nSPS) is 14.9. The first-order chi connectivity index (χ1) is 9.70. The molecule has 1 aromatic carbocycles. The van der Waals surface area contributed by atoms with Gasteiger partial charge >= 0.3 is 0 Å². The third-order valence-electron chi connectivity index (χ3n) is 3.60. The molecule has 0 bridgehead atoms. The lowest BCUT2D eigenvalue weighted by molar-refractivity contribution is 0.165. The molecule has 1 aromatic heterocycles. The summed E-state index contributed by atoms with van der Waals surface area (Å²) in [5.41, 5.74) is 3.62. The number of benzene rings is 1. The Morgan fingerprint density at radius 3 is 3.15 bits per heavy atom. The molecule has 1 unspecified atom stereocenters. The van der Waals surface area contributed by atoms with Crippen molar-refractivity contribution in [2.24, 2.45) is 0 Å². The number of hydrogen-bond donors (Lipinski definition) is 1. The fourth-order valence-corrected chi connectivity index (χ4v) is 3.37. The molecule has 3 rings (SSSR count). The van der Waals surface area contributed by atoms with Crippen LogP contribution in [0.5, 0.6) is 5.75 Å². The zero-order valence-corrected chi connectivity index (χ0v) is 12.4. The first kappa shape index (κ1) is 13.6. The first-order valence-corrected chi connectivity index (χ1v) is 7.92. The lowest BCUT2D eigenvalue weighted by Gasteiger charge is -2.09. The molecule has 0 radical (unpaired) electrons. The van der Waals surface area contributed by atoms with Gasteiger partial charge in [0.15, 0.2) is 0 Å². The lowest BCUT2D eigenvalue weighted by Crippen LogP contribution is -2.11. The molecule has 2 heterocycles. The van der Waals surface area contributed by atoms with E-state index in [-0.39, 0.29) is 6.10 Å². The Bertz CT molecular complexity index is 594. The van der Waals surface area contributed by atoms with E-state index in [1.165, 1.54) is 11.1 Å². The van der Waals surface area contributed by atoms with Crippen LogP contribution in [0.25, 0.3) is 0 Å². The number of ether oxygens (including phenoxy) is 1. The number of aromatic nitrogens is 1. The van der Waals surface area contributed by atoms with Gasteiger partial charge in [-0.25, -0.2) is 4.98 Å². The molecule has 0 saturated heterocycles. The largest absolute Gasteiger partial charge is 0.493 e. The summed E-state index contributed by atoms with van der Waals surface area (Å²) < 4.78 is 5.50. The van der Waals surface area contributed by atoms with Crippen molar-refractivity contribution in [1.82, 2.24) is 4.98 Å². The highest BCUT2D eigenvalue weighted by Crippen LogP contribution is 2.26. The Balaban J connectivity index is 1.53. The maximum absolute atomic E-state index is 10.1. The van der Waals surface area contributed by atoms with E-state index < -0.39 is 0 Å². The average molecular weight is 289 g/mol. The van der Waals surface area contributed by atoms with E-state index in [2.05, 4.69) is 17.1 Å². The van der Waals surface area contributed by atoms with Crippen molar-refractivity contribution in [3.05, 3.63) is 45.4 Å². The van der Waals surface area contributed by atoms with Crippen molar-refractivity contribution in [2.75, 3.05) is 6.61 Å². The van der Waals surface area contributed by atoms with Crippen LogP contribution in [-0.4, -0.2) is 22.8 Å². The molecule has 1 atom stereocenters. The van der Waals surface area contributed by atoms with Gasteiger partial charge in [0.05, 0.1) is 17.7 Å². The molecule has 1 aliphatic heterocycles. The van der Waals surface area contributed by atoms with Gasteiger partial charge in [-0.1, -0.05) is 12.1 Å². The highest BCUT2D eigenvalue weighted by molar-refractivity contribution is 7.09. The summed E-state index contributed by atoms with van der Waals surface area (Å²) in [6.45, 7) is 2.78. The molecule has 2 aromatic rings. The Morgan fingerprint density at radius 1 is 1.45 bits per heavy atom. The van der Waals surface area contributed by atoms with Gasteiger partial charge in [-0.3, -0.25) is 0 Å². The molecular formula is C16H19NO2S. The van der Waals surface area contributed by atoms with Crippen LogP contribution in [0.15, 0.2) is 23.6 Å². The lowest BCUT2D eigenvalue weighted by atomic mass is 10.0. The number of aliphatic hydroxyl groups excluding tert-OH is 1. The number of rotatable bonds is 5. The van der Waals surface area contributed by atoms with Crippen molar-refractivity contribution in [1.29, 1.82) is 0 Å². The van der Waals surface area contributed by atoms with Gasteiger partial charge < -0.3 is 9.84 Å². The summed E-state index contributed by atoms with van der Waals surface area (Å²) in [6.07, 6.45) is 3.03. The number of nitrogens with zero attached hydrogens (tertiary/aromatic N) is 1. The third-order valence-corrected chi connectivity index (χ3v) is 4.59. The molecule has 3 nitrogen and oxygen atoms in total. The zero-order chi connectivity index (χ0) is 13.9. The van der Waals surface area contributed by atoms with Crippen LogP contribution in [-0.2, 0) is 19.3 Å². The standard InChI is InChI=1S/C16H19NO2S/c1-11-10-20-16(17-11)9-14(18)4-2-12-3-5-15-13(8-12)6-7-19-15/h3,5,8,10,14,18H,2,4,6-7,9H2,1H3. The fraction of sp³-hybridized carbons (Fsp3) is 0.438. The van der Waals surface area contributed by atoms with Crippen LogP contribution in [0.4, 0.5) is 0 Å². The number of aliphatic hydroxyl groups is 1. The average Bonchev–Trinajstić information content (AvgIpc) is 3.04. The number of hydrogen-bond acceptors (Lipinski definition) is 4. The van der Waals surface area contributed by atoms with Gasteiger partial charge in [-0.05, 0) is 37.0 Å². The Labute approximate surface area is 123 Å². The summed E-state index contributed by atoms with van der Waals surface area (Å²) in [5.74, 6) is 1.02. The maximum atomic E-state index is 10.1. The van der Waals surface area contributed by atoms with Crippen LogP contribution < -0.4 is 4.74 Å². The third kappa shape index (κ3) is 3.19. The zero-order valence-electron chi connectivity index (χ0n) is 11.6. The Morgan fingerprint density at radius 2 is 2.35 bits per heavy atom. The van der Waals surface area contributed by atoms with Crippen molar-refractivity contribution in [2.45, 2.75) is 38.7 Å². The smallest absolute Gasteiger partial charge is 0.122 e. The topological polar surface area (TPSA) is 42.4 Å². The van der Waals surface area contributed by atoms with Crippen molar-refractivity contribution in [3.63, 3.8) is 0 Å². The van der Waals surface area contributed by atoms with Gasteiger partial charge in [0.2, 0.25) is 0 Å². The van der Waals surface area contributed by atoms with Crippen LogP contribution in [0.2, 0.25) is 0 Å². The van der Waals surface area contributed by atoms with Gasteiger partial charge in [-0.2, -0.15) is 0 Å². The van der Waals surface area contributed by atoms with Crippen LogP contribution in [0, 0.1) is 6.92 Å². The Hall–Kier alpha value is -1.39. The molecule has 0 saturated carbocycles. The van der Waals surface area contributed by atoms with E-state index in [4.69, 9.17) is 4.74 Å². The second kappa shape index (κ2) is 5.94. The molecule has 4 heteroatoms. The Kier molecular flexibility index (Phi) is 4.03. The highest BCUT2D eigenvalue weighted by Gasteiger charge is 2.13. The van der Waals surface area contributed by atoms with Crippen LogP contribution in [0.1, 0.15) is 28.2 Å². The summed E-state index contributed by atoms with van der Waals surface area (Å²) in [6, 6.07) is 6.36. The molecule has 106 valence electrons. The molecule has 1 aliphatic rings. The van der Waals surface area contributed by atoms with Crippen molar-refractivity contribution < 1.29 is 9.84 Å². The summed E-state index contributed by atoms with van der Waals surface area (Å²) in [7, 11) is 0. The minimum absolute atomic E-state index is 0.315. The number of fused-ring (bicyclic) bond motifs is 1. The quantitative estimate of drug-likeness (QED) is 0.920. The summed E-state index contributed by atoms with van der Waals surface area (Å²) in [5, 5.41) is 13.2. The minimum Gasteiger partial charge on any atom is -0.493 e. The number of aryl methyl sites for hydroxylation is 2. The predicted molar refractivity (Wildman–Crippen MR) is 80.5 cm³/mol. The van der Waals surface area contributed by atoms with Crippen LogP contribution >= 0.6 is 11.3 Å². The van der Waals surface area contributed by atoms with Gasteiger partial charge in [0.25, 0.3) is 0 Å². The molecule has 0 aliphatic carbocycles. The van der Waals surface area contributed by atoms with Crippen LogP contribution in [0.3, 0.4) is 0 Å². The van der Waals surface area contributed by atoms with E-state index in [9.17, 15) is 5.11 Å². The van der Waals surface area contributed by atoms with E-state index in [1.54, 1.807) is 11.3 Å². The SMILES string of the molecule is Cc1csc(CC(O)CCc2ccc3c(c2)CCO3)n1. The van der Waals surface area contributed by atoms with Crippen molar-refractivity contribution in [3.8, 4) is 5.75 Å². The van der Waals surface area contributed by atoms with Gasteiger partial charge in [-0.15, -0.1) is 11.3 Å². The molecule has 0 spiro atoms. The van der Waals surface area contributed by atoms with E-state index in [0.29, 0.717) is 6.42 Å². The minimum atomic E-state index is -0.315. The summed E-state index contributed by atoms with van der Waals surface area (Å²) in [4.78, 5) is 4.39. The second-order valence-corrected chi connectivity index (χ2v) is 6.26.